The fraction of sp³-hybridized carbons (Fsp3) is 0.857. The Morgan fingerprint density at radius 2 is 1.81 bits per heavy atom. The van der Waals surface area contributed by atoms with E-state index in [1.807, 2.05) is 0 Å². The summed E-state index contributed by atoms with van der Waals surface area (Å²) >= 11 is 0. The van der Waals surface area contributed by atoms with Crippen molar-refractivity contribution in [2.24, 2.45) is 28.6 Å². The number of hydrogen-bond acceptors (Lipinski definition) is 5. The van der Waals surface area contributed by atoms with Gasteiger partial charge in [-0.25, -0.2) is 0 Å². The lowest BCUT2D eigenvalue weighted by atomic mass is 9.46. The fourth-order valence-electron chi connectivity index (χ4n) is 7.18. The highest BCUT2D eigenvalue weighted by Crippen LogP contribution is 2.67. The van der Waals surface area contributed by atoms with Crippen LogP contribution in [0, 0.1) is 28.6 Å². The molecule has 5 nitrogen and oxygen atoms in total. The van der Waals surface area contributed by atoms with Crippen LogP contribution in [-0.2, 0) is 4.79 Å². The lowest BCUT2D eigenvalue weighted by Crippen LogP contribution is -2.61. The number of hydrogen-bond donors (Lipinski definition) is 4. The lowest BCUT2D eigenvalue weighted by Gasteiger charge is -2.60. The minimum atomic E-state index is -1.07. The highest BCUT2D eigenvalue weighted by molar-refractivity contribution is 5.95. The molecular formula is C21H32O5. The van der Waals surface area contributed by atoms with Gasteiger partial charge in [0.15, 0.2) is 5.78 Å². The Balaban J connectivity index is 1.79. The number of fused-ring (bicyclic) bond motifs is 5. The minimum Gasteiger partial charge on any atom is -0.393 e. The van der Waals surface area contributed by atoms with Gasteiger partial charge in [-0.2, -0.15) is 0 Å². The van der Waals surface area contributed by atoms with Gasteiger partial charge < -0.3 is 20.4 Å². The van der Waals surface area contributed by atoms with Gasteiger partial charge in [-0.15, -0.1) is 0 Å². The van der Waals surface area contributed by atoms with Gasteiger partial charge in [-0.1, -0.05) is 13.8 Å². The summed E-state index contributed by atoms with van der Waals surface area (Å²) in [6, 6.07) is 0. The Labute approximate surface area is 155 Å². The molecular weight excluding hydrogens is 332 g/mol. The first-order valence-electron chi connectivity index (χ1n) is 10.1. The van der Waals surface area contributed by atoms with Crippen molar-refractivity contribution in [3.8, 4) is 0 Å². The third-order valence-corrected chi connectivity index (χ3v) is 8.77. The van der Waals surface area contributed by atoms with Crippen molar-refractivity contribution < 1.29 is 25.2 Å². The molecule has 0 heterocycles. The molecule has 0 aromatic carbocycles. The topological polar surface area (TPSA) is 98.0 Å². The molecule has 4 aliphatic rings. The summed E-state index contributed by atoms with van der Waals surface area (Å²) in [5, 5.41) is 42.4. The molecule has 4 rings (SSSR count). The average Bonchev–Trinajstić information content (AvgIpc) is 2.83. The zero-order valence-electron chi connectivity index (χ0n) is 16.0. The van der Waals surface area contributed by atoms with Crippen molar-refractivity contribution in [1.29, 1.82) is 0 Å². The molecule has 0 aliphatic heterocycles. The second-order valence-corrected chi connectivity index (χ2v) is 9.89. The van der Waals surface area contributed by atoms with Crippen LogP contribution in [0.3, 0.4) is 0 Å². The molecule has 0 bridgehead atoms. The van der Waals surface area contributed by atoms with E-state index in [0.29, 0.717) is 19.3 Å². The molecule has 3 fully saturated rings. The first-order chi connectivity index (χ1) is 12.0. The molecule has 0 spiro atoms. The van der Waals surface area contributed by atoms with E-state index in [0.717, 1.165) is 24.8 Å². The van der Waals surface area contributed by atoms with Crippen molar-refractivity contribution in [1.82, 2.24) is 0 Å². The number of rotatable bonds is 1. The Hall–Kier alpha value is -0.750. The van der Waals surface area contributed by atoms with Gasteiger partial charge in [-0.3, -0.25) is 4.79 Å². The van der Waals surface area contributed by atoms with Gasteiger partial charge in [0, 0.05) is 11.3 Å². The van der Waals surface area contributed by atoms with Crippen LogP contribution in [0.1, 0.15) is 59.3 Å². The number of allylic oxidation sites excluding steroid dienone is 1. The molecule has 5 heteroatoms. The molecule has 3 saturated carbocycles. The maximum absolute atomic E-state index is 13.0. The maximum atomic E-state index is 13.0. The Kier molecular flexibility index (Phi) is 4.03. The van der Waals surface area contributed by atoms with Crippen LogP contribution in [0.15, 0.2) is 11.6 Å². The van der Waals surface area contributed by atoms with Crippen LogP contribution < -0.4 is 0 Å². The van der Waals surface area contributed by atoms with E-state index < -0.39 is 34.7 Å². The van der Waals surface area contributed by atoms with Crippen molar-refractivity contribution in [3.05, 3.63) is 11.6 Å². The van der Waals surface area contributed by atoms with Gasteiger partial charge in [0.05, 0.1) is 23.9 Å². The van der Waals surface area contributed by atoms with Gasteiger partial charge in [0.2, 0.25) is 0 Å². The molecule has 0 amide bonds. The number of aliphatic hydroxyl groups is 4. The molecule has 146 valence electrons. The summed E-state index contributed by atoms with van der Waals surface area (Å²) in [6.45, 7) is 5.91. The first kappa shape index (κ1) is 18.6. The predicted octanol–water partition coefficient (Wildman–Crippen LogP) is 1.57. The molecule has 4 aliphatic carbocycles. The van der Waals surface area contributed by atoms with Gasteiger partial charge in [0.1, 0.15) is 0 Å². The zero-order chi connectivity index (χ0) is 19.1. The van der Waals surface area contributed by atoms with E-state index in [1.165, 1.54) is 0 Å². The normalized spacial score (nSPS) is 54.8. The van der Waals surface area contributed by atoms with E-state index in [9.17, 15) is 25.2 Å². The van der Waals surface area contributed by atoms with Crippen LogP contribution in [0.5, 0.6) is 0 Å². The Morgan fingerprint density at radius 1 is 1.12 bits per heavy atom. The van der Waals surface area contributed by atoms with Crippen molar-refractivity contribution in [3.63, 3.8) is 0 Å². The lowest BCUT2D eigenvalue weighted by molar-refractivity contribution is -0.154. The molecule has 0 saturated heterocycles. The predicted molar refractivity (Wildman–Crippen MR) is 96.1 cm³/mol. The monoisotopic (exact) mass is 364 g/mol. The molecule has 4 N–H and O–H groups in total. The van der Waals surface area contributed by atoms with Crippen molar-refractivity contribution in [2.75, 3.05) is 0 Å². The van der Waals surface area contributed by atoms with Crippen LogP contribution in [0.4, 0.5) is 0 Å². The number of carbonyl (C=O) groups is 1. The van der Waals surface area contributed by atoms with Crippen LogP contribution in [0.2, 0.25) is 0 Å². The average molecular weight is 364 g/mol. The highest BCUT2D eigenvalue weighted by atomic mass is 16.3. The third-order valence-electron chi connectivity index (χ3n) is 8.77. The number of aliphatic hydroxyl groups excluding tert-OH is 3. The quantitative estimate of drug-likeness (QED) is 0.566. The largest absolute Gasteiger partial charge is 0.393 e. The number of ketones is 1. The smallest absolute Gasteiger partial charge is 0.159 e. The van der Waals surface area contributed by atoms with Gasteiger partial charge in [-0.05, 0) is 74.3 Å². The fourth-order valence-corrected chi connectivity index (χ4v) is 7.18. The summed E-state index contributed by atoms with van der Waals surface area (Å²) in [4.78, 5) is 13.0. The van der Waals surface area contributed by atoms with E-state index in [4.69, 9.17) is 0 Å². The second-order valence-electron chi connectivity index (χ2n) is 9.89. The molecule has 0 unspecified atom stereocenters. The summed E-state index contributed by atoms with van der Waals surface area (Å²) in [6.07, 6.45) is 3.15. The Bertz CT molecular complexity index is 657. The van der Waals surface area contributed by atoms with Crippen LogP contribution in [-0.4, -0.2) is 50.1 Å². The minimum absolute atomic E-state index is 0.0220. The summed E-state index contributed by atoms with van der Waals surface area (Å²) < 4.78 is 0. The van der Waals surface area contributed by atoms with E-state index in [2.05, 4.69) is 13.8 Å². The number of carbonyl (C=O) groups excluding carboxylic acids is 1. The van der Waals surface area contributed by atoms with Crippen LogP contribution >= 0.6 is 0 Å². The Morgan fingerprint density at radius 3 is 2.46 bits per heavy atom. The molecule has 0 aromatic heterocycles. The summed E-state index contributed by atoms with van der Waals surface area (Å²) in [5.74, 6) is -0.258. The van der Waals surface area contributed by atoms with Crippen molar-refractivity contribution in [2.45, 2.75) is 83.2 Å². The maximum Gasteiger partial charge on any atom is 0.159 e. The highest BCUT2D eigenvalue weighted by Gasteiger charge is 2.66. The van der Waals surface area contributed by atoms with Gasteiger partial charge >= 0.3 is 0 Å². The molecule has 26 heavy (non-hydrogen) atoms. The second kappa shape index (κ2) is 5.63. The zero-order valence-corrected chi connectivity index (χ0v) is 16.0. The molecule has 9 atom stereocenters. The standard InChI is InChI=1S/C21H32O5/c1-11(22)12-5-7-21(26)14-8-16(23)15-9-17(24)18(25)10-19(15,2)13(14)4-6-20(12,21)3/h8,11-13,15,17-18,22,24-26H,4-7,9-10H2,1-3H3/t11-,12-,13+,15+,17-,18+,19-,20-,21-/m1/s1. The first-order valence-corrected chi connectivity index (χ1v) is 10.1. The van der Waals surface area contributed by atoms with Gasteiger partial charge in [0.25, 0.3) is 0 Å². The van der Waals surface area contributed by atoms with Crippen LogP contribution in [0.25, 0.3) is 0 Å². The third kappa shape index (κ3) is 2.15. The summed E-state index contributed by atoms with van der Waals surface area (Å²) in [5.41, 5.74) is -1.11. The molecule has 0 radical (unpaired) electrons. The summed E-state index contributed by atoms with van der Waals surface area (Å²) in [7, 11) is 0. The van der Waals surface area contributed by atoms with E-state index in [1.54, 1.807) is 13.0 Å². The SMILES string of the molecule is C[C@@H](O)[C@H]1CC[C@@]2(O)C3=CC(=O)[C@@H]4C[C@@H](O)[C@@H](O)C[C@]4(C)[C@H]3CC[C@]12C. The molecule has 0 aromatic rings. The van der Waals surface area contributed by atoms with Crippen molar-refractivity contribution >= 4 is 5.78 Å². The van der Waals surface area contributed by atoms with E-state index in [-0.39, 0.29) is 23.5 Å². The van der Waals surface area contributed by atoms with E-state index >= 15 is 0 Å².